The zero-order valence-electron chi connectivity index (χ0n) is 14.2. The normalized spacial score (nSPS) is 20.2. The number of nitrogens with one attached hydrogen (secondary N) is 3. The molecule has 1 atom stereocenters. The fourth-order valence-electron chi connectivity index (χ4n) is 3.21. The molecule has 2 heterocycles. The number of rotatable bonds is 7. The largest absolute Gasteiger partial charge is 0.372 e. The average molecular weight is 367 g/mol. The number of piperidine rings is 1. The van der Waals surface area contributed by atoms with Gasteiger partial charge in [0.25, 0.3) is 0 Å². The van der Waals surface area contributed by atoms with Gasteiger partial charge in [-0.25, -0.2) is 13.1 Å². The standard InChI is InChI=1S/C17H25N3O4S/c21-17(19-7-5-13-2-1-6-18-9-13)10-20-25(22,23)16-4-3-14-11-24-12-15(14)8-16/h3-4,8,13,18,20H,1-2,5-7,9-12H2,(H,19,21). The summed E-state index contributed by atoms with van der Waals surface area (Å²) in [6.45, 7) is 3.32. The number of benzene rings is 1. The Labute approximate surface area is 148 Å². The van der Waals surface area contributed by atoms with Crippen LogP contribution in [0.4, 0.5) is 0 Å². The maximum atomic E-state index is 12.3. The number of hydrogen-bond acceptors (Lipinski definition) is 5. The lowest BCUT2D eigenvalue weighted by molar-refractivity contribution is -0.120. The number of amides is 1. The first-order valence-corrected chi connectivity index (χ1v) is 10.2. The summed E-state index contributed by atoms with van der Waals surface area (Å²) < 4.78 is 32.3. The highest BCUT2D eigenvalue weighted by molar-refractivity contribution is 7.89. The molecule has 1 aromatic rings. The van der Waals surface area contributed by atoms with E-state index in [0.717, 1.165) is 30.6 Å². The van der Waals surface area contributed by atoms with Crippen molar-refractivity contribution in [1.29, 1.82) is 0 Å². The molecule has 1 saturated heterocycles. The summed E-state index contributed by atoms with van der Waals surface area (Å²) in [5.74, 6) is 0.274. The van der Waals surface area contributed by atoms with Crippen molar-refractivity contribution in [3.63, 3.8) is 0 Å². The van der Waals surface area contributed by atoms with Gasteiger partial charge in [-0.2, -0.15) is 0 Å². The minimum atomic E-state index is -3.70. The van der Waals surface area contributed by atoms with Crippen molar-refractivity contribution in [2.45, 2.75) is 37.4 Å². The second-order valence-corrected chi connectivity index (χ2v) is 8.37. The van der Waals surface area contributed by atoms with Gasteiger partial charge < -0.3 is 15.4 Å². The van der Waals surface area contributed by atoms with Crippen molar-refractivity contribution in [3.8, 4) is 0 Å². The molecule has 2 aliphatic rings. The molecule has 1 amide bonds. The van der Waals surface area contributed by atoms with Gasteiger partial charge in [0.15, 0.2) is 0 Å². The van der Waals surface area contributed by atoms with Crippen LogP contribution in [0.3, 0.4) is 0 Å². The molecule has 0 spiro atoms. The van der Waals surface area contributed by atoms with Crippen LogP contribution in [-0.2, 0) is 32.8 Å². The van der Waals surface area contributed by atoms with Gasteiger partial charge in [-0.15, -0.1) is 0 Å². The van der Waals surface area contributed by atoms with E-state index in [9.17, 15) is 13.2 Å². The lowest BCUT2D eigenvalue weighted by atomic mass is 9.96. The van der Waals surface area contributed by atoms with Gasteiger partial charge in [0.2, 0.25) is 15.9 Å². The molecule has 0 aliphatic carbocycles. The first-order chi connectivity index (χ1) is 12.0. The van der Waals surface area contributed by atoms with Gasteiger partial charge in [-0.1, -0.05) is 6.07 Å². The fourth-order valence-corrected chi connectivity index (χ4v) is 4.24. The highest BCUT2D eigenvalue weighted by Crippen LogP contribution is 2.22. The summed E-state index contributed by atoms with van der Waals surface area (Å²) in [5.41, 5.74) is 1.89. The third-order valence-corrected chi connectivity index (χ3v) is 6.10. The van der Waals surface area contributed by atoms with E-state index in [0.29, 0.717) is 25.7 Å². The predicted molar refractivity (Wildman–Crippen MR) is 93.3 cm³/mol. The number of carbonyl (C=O) groups is 1. The monoisotopic (exact) mass is 367 g/mol. The van der Waals surface area contributed by atoms with Gasteiger partial charge in [0.1, 0.15) is 0 Å². The van der Waals surface area contributed by atoms with E-state index in [4.69, 9.17) is 4.74 Å². The molecule has 0 radical (unpaired) electrons. The Morgan fingerprint density at radius 3 is 2.92 bits per heavy atom. The van der Waals surface area contributed by atoms with Crippen molar-refractivity contribution in [3.05, 3.63) is 29.3 Å². The molecule has 0 bridgehead atoms. The second-order valence-electron chi connectivity index (χ2n) is 6.60. The van der Waals surface area contributed by atoms with Crippen LogP contribution in [0.15, 0.2) is 23.1 Å². The molecule has 7 nitrogen and oxygen atoms in total. The fraction of sp³-hybridized carbons (Fsp3) is 0.588. The van der Waals surface area contributed by atoms with Crippen LogP contribution in [0.5, 0.6) is 0 Å². The quantitative estimate of drug-likeness (QED) is 0.652. The smallest absolute Gasteiger partial charge is 0.241 e. The van der Waals surface area contributed by atoms with Crippen molar-refractivity contribution in [2.75, 3.05) is 26.2 Å². The lowest BCUT2D eigenvalue weighted by Gasteiger charge is -2.22. The van der Waals surface area contributed by atoms with Crippen molar-refractivity contribution >= 4 is 15.9 Å². The highest BCUT2D eigenvalue weighted by Gasteiger charge is 2.19. The molecule has 1 fully saturated rings. The van der Waals surface area contributed by atoms with Crippen LogP contribution >= 0.6 is 0 Å². The minimum absolute atomic E-state index is 0.165. The highest BCUT2D eigenvalue weighted by atomic mass is 32.2. The molecule has 0 aromatic heterocycles. The van der Waals surface area contributed by atoms with E-state index in [2.05, 4.69) is 15.4 Å². The zero-order chi connectivity index (χ0) is 17.7. The number of hydrogen-bond donors (Lipinski definition) is 3. The van der Waals surface area contributed by atoms with E-state index in [1.54, 1.807) is 18.2 Å². The molecule has 138 valence electrons. The zero-order valence-corrected chi connectivity index (χ0v) is 15.0. The minimum Gasteiger partial charge on any atom is -0.372 e. The topological polar surface area (TPSA) is 96.5 Å². The molecular formula is C17H25N3O4S. The van der Waals surface area contributed by atoms with E-state index in [-0.39, 0.29) is 17.3 Å². The second kappa shape index (κ2) is 8.27. The molecule has 1 unspecified atom stereocenters. The number of carbonyl (C=O) groups excluding carboxylic acids is 1. The third-order valence-electron chi connectivity index (χ3n) is 4.70. The first-order valence-electron chi connectivity index (χ1n) is 8.71. The molecule has 25 heavy (non-hydrogen) atoms. The van der Waals surface area contributed by atoms with Crippen LogP contribution < -0.4 is 15.4 Å². The molecule has 8 heteroatoms. The Balaban J connectivity index is 1.44. The Morgan fingerprint density at radius 2 is 2.12 bits per heavy atom. The maximum Gasteiger partial charge on any atom is 0.241 e. The van der Waals surface area contributed by atoms with Gasteiger partial charge in [-0.05, 0) is 61.5 Å². The Morgan fingerprint density at radius 1 is 1.28 bits per heavy atom. The Hall–Kier alpha value is -1.48. The number of ether oxygens (including phenoxy) is 1. The van der Waals surface area contributed by atoms with Crippen molar-refractivity contribution < 1.29 is 17.9 Å². The van der Waals surface area contributed by atoms with Crippen LogP contribution in [-0.4, -0.2) is 40.5 Å². The summed E-state index contributed by atoms with van der Waals surface area (Å²) in [4.78, 5) is 12.0. The number of sulfonamides is 1. The van der Waals surface area contributed by atoms with Crippen LogP contribution in [0, 0.1) is 5.92 Å². The SMILES string of the molecule is O=C(CNS(=O)(=O)c1ccc2c(c1)COC2)NCCC1CCCNC1. The molecule has 0 saturated carbocycles. The van der Waals surface area contributed by atoms with Gasteiger partial charge in [0.05, 0.1) is 24.7 Å². The summed E-state index contributed by atoms with van der Waals surface area (Å²) in [6.07, 6.45) is 3.26. The van der Waals surface area contributed by atoms with Crippen LogP contribution in [0.25, 0.3) is 0 Å². The average Bonchev–Trinajstić information content (AvgIpc) is 3.09. The lowest BCUT2D eigenvalue weighted by Crippen LogP contribution is -2.38. The van der Waals surface area contributed by atoms with Crippen molar-refractivity contribution in [2.24, 2.45) is 5.92 Å². The van der Waals surface area contributed by atoms with E-state index in [1.165, 1.54) is 12.8 Å². The molecule has 3 rings (SSSR count). The van der Waals surface area contributed by atoms with Gasteiger partial charge in [-0.3, -0.25) is 4.79 Å². The summed E-state index contributed by atoms with van der Waals surface area (Å²) in [5, 5.41) is 6.12. The Kier molecular flexibility index (Phi) is 6.06. The third kappa shape index (κ3) is 5.01. The maximum absolute atomic E-state index is 12.3. The van der Waals surface area contributed by atoms with Gasteiger partial charge >= 0.3 is 0 Å². The molecule has 1 aromatic carbocycles. The first kappa shape index (κ1) is 18.3. The predicted octanol–water partition coefficient (Wildman–Crippen LogP) is 0.501. The van der Waals surface area contributed by atoms with Crippen LogP contribution in [0.2, 0.25) is 0 Å². The van der Waals surface area contributed by atoms with Crippen molar-refractivity contribution in [1.82, 2.24) is 15.4 Å². The van der Waals surface area contributed by atoms with E-state index in [1.807, 2.05) is 0 Å². The summed E-state index contributed by atoms with van der Waals surface area (Å²) in [7, 11) is -3.70. The van der Waals surface area contributed by atoms with Gasteiger partial charge in [0, 0.05) is 6.54 Å². The number of fused-ring (bicyclic) bond motifs is 1. The van der Waals surface area contributed by atoms with Crippen LogP contribution in [0.1, 0.15) is 30.4 Å². The molecule has 2 aliphatic heterocycles. The Bertz CT molecular complexity index is 715. The van der Waals surface area contributed by atoms with E-state index >= 15 is 0 Å². The van der Waals surface area contributed by atoms with E-state index < -0.39 is 10.0 Å². The molecule has 3 N–H and O–H groups in total. The summed E-state index contributed by atoms with van der Waals surface area (Å²) >= 11 is 0. The molecular weight excluding hydrogens is 342 g/mol. The summed E-state index contributed by atoms with van der Waals surface area (Å²) in [6, 6.07) is 4.91.